The third-order valence-electron chi connectivity index (χ3n) is 3.64. The number of ketones is 1. The van der Waals surface area contributed by atoms with Crippen LogP contribution < -0.4 is 9.47 Å². The summed E-state index contributed by atoms with van der Waals surface area (Å²) in [6.07, 6.45) is 0. The van der Waals surface area contributed by atoms with Gasteiger partial charge in [-0.15, -0.1) is 0 Å². The van der Waals surface area contributed by atoms with E-state index in [1.165, 1.54) is 0 Å². The normalized spacial score (nSPS) is 10.5. The molecule has 0 atom stereocenters. The summed E-state index contributed by atoms with van der Waals surface area (Å²) in [4.78, 5) is 12.6. The van der Waals surface area contributed by atoms with E-state index in [4.69, 9.17) is 9.47 Å². The Labute approximate surface area is 129 Å². The molecule has 3 rings (SSSR count). The summed E-state index contributed by atoms with van der Waals surface area (Å²) in [6, 6.07) is 18.7. The van der Waals surface area contributed by atoms with Gasteiger partial charge in [-0.25, -0.2) is 0 Å². The van der Waals surface area contributed by atoms with Crippen LogP contribution in [-0.4, -0.2) is 20.0 Å². The van der Waals surface area contributed by atoms with Crippen molar-refractivity contribution in [3.8, 4) is 11.5 Å². The van der Waals surface area contributed by atoms with E-state index in [2.05, 4.69) is 0 Å². The molecule has 110 valence electrons. The van der Waals surface area contributed by atoms with Gasteiger partial charge in [0.05, 0.1) is 14.2 Å². The van der Waals surface area contributed by atoms with Gasteiger partial charge in [0.2, 0.25) is 0 Å². The summed E-state index contributed by atoms with van der Waals surface area (Å²) in [6.45, 7) is 0. The van der Waals surface area contributed by atoms with Crippen molar-refractivity contribution in [1.82, 2.24) is 0 Å². The van der Waals surface area contributed by atoms with Crippen molar-refractivity contribution >= 4 is 16.6 Å². The predicted octanol–water partition coefficient (Wildman–Crippen LogP) is 4.09. The molecule has 0 aliphatic rings. The molecule has 0 saturated carbocycles. The molecule has 0 heterocycles. The van der Waals surface area contributed by atoms with Gasteiger partial charge in [0, 0.05) is 11.1 Å². The molecule has 0 N–H and O–H groups in total. The molecule has 0 radical (unpaired) electrons. The molecule has 0 unspecified atom stereocenters. The molecule has 0 bridgehead atoms. The third-order valence-corrected chi connectivity index (χ3v) is 3.64. The number of carbonyl (C=O) groups is 1. The summed E-state index contributed by atoms with van der Waals surface area (Å²) in [7, 11) is 3.23. The van der Waals surface area contributed by atoms with Crippen LogP contribution in [0.15, 0.2) is 60.7 Å². The molecule has 0 spiro atoms. The first-order chi connectivity index (χ1) is 10.7. The topological polar surface area (TPSA) is 35.5 Å². The summed E-state index contributed by atoms with van der Waals surface area (Å²) in [5, 5.41) is 2.05. The maximum Gasteiger partial charge on any atom is 0.193 e. The first-order valence-electron chi connectivity index (χ1n) is 6.98. The Balaban J connectivity index is 2.00. The Kier molecular flexibility index (Phi) is 3.79. The van der Waals surface area contributed by atoms with Crippen LogP contribution in [0.1, 0.15) is 15.9 Å². The van der Waals surface area contributed by atoms with E-state index < -0.39 is 0 Å². The zero-order chi connectivity index (χ0) is 15.5. The van der Waals surface area contributed by atoms with Crippen LogP contribution in [0.5, 0.6) is 11.5 Å². The number of ether oxygens (including phenoxy) is 2. The minimum Gasteiger partial charge on any atom is -0.497 e. The van der Waals surface area contributed by atoms with Crippen LogP contribution in [0, 0.1) is 0 Å². The average Bonchev–Trinajstić information content (AvgIpc) is 2.60. The first kappa shape index (κ1) is 14.1. The van der Waals surface area contributed by atoms with Gasteiger partial charge in [0.15, 0.2) is 5.78 Å². The molecule has 3 heteroatoms. The zero-order valence-electron chi connectivity index (χ0n) is 12.5. The number of fused-ring (bicyclic) bond motifs is 1. The van der Waals surface area contributed by atoms with Gasteiger partial charge in [-0.2, -0.15) is 0 Å². The lowest BCUT2D eigenvalue weighted by atomic mass is 10.00. The third kappa shape index (κ3) is 2.66. The summed E-state index contributed by atoms with van der Waals surface area (Å²) in [5.74, 6) is 1.47. The lowest BCUT2D eigenvalue weighted by Crippen LogP contribution is -2.01. The summed E-state index contributed by atoms with van der Waals surface area (Å²) >= 11 is 0. The highest BCUT2D eigenvalue weighted by atomic mass is 16.5. The molecule has 0 saturated heterocycles. The van der Waals surface area contributed by atoms with E-state index in [0.717, 1.165) is 16.5 Å². The van der Waals surface area contributed by atoms with Gasteiger partial charge in [-0.3, -0.25) is 4.79 Å². The highest BCUT2D eigenvalue weighted by Gasteiger charge is 2.10. The maximum atomic E-state index is 12.6. The van der Waals surface area contributed by atoms with Gasteiger partial charge >= 0.3 is 0 Å². The quantitative estimate of drug-likeness (QED) is 0.679. The van der Waals surface area contributed by atoms with Gasteiger partial charge in [-0.05, 0) is 41.1 Å². The van der Waals surface area contributed by atoms with Crippen molar-refractivity contribution < 1.29 is 14.3 Å². The highest BCUT2D eigenvalue weighted by Crippen LogP contribution is 2.23. The van der Waals surface area contributed by atoms with Crippen LogP contribution in [0.4, 0.5) is 0 Å². The molecule has 0 aromatic heterocycles. The van der Waals surface area contributed by atoms with Gasteiger partial charge in [0.1, 0.15) is 11.5 Å². The Morgan fingerprint density at radius 2 is 1.36 bits per heavy atom. The second kappa shape index (κ2) is 5.90. The van der Waals surface area contributed by atoms with Crippen molar-refractivity contribution in [2.75, 3.05) is 14.2 Å². The molecular weight excluding hydrogens is 276 g/mol. The van der Waals surface area contributed by atoms with Crippen LogP contribution in [-0.2, 0) is 0 Å². The monoisotopic (exact) mass is 292 g/mol. The highest BCUT2D eigenvalue weighted by molar-refractivity contribution is 6.10. The second-order valence-corrected chi connectivity index (χ2v) is 4.99. The Morgan fingerprint density at radius 1 is 0.727 bits per heavy atom. The van der Waals surface area contributed by atoms with Crippen molar-refractivity contribution in [3.63, 3.8) is 0 Å². The predicted molar refractivity (Wildman–Crippen MR) is 86.9 cm³/mol. The average molecular weight is 292 g/mol. The van der Waals surface area contributed by atoms with Crippen molar-refractivity contribution in [3.05, 3.63) is 71.8 Å². The van der Waals surface area contributed by atoms with E-state index in [-0.39, 0.29) is 5.78 Å². The number of hydrogen-bond acceptors (Lipinski definition) is 3. The molecule has 0 aliphatic carbocycles. The minimum absolute atomic E-state index is 0.0170. The molecule has 22 heavy (non-hydrogen) atoms. The van der Waals surface area contributed by atoms with Crippen LogP contribution >= 0.6 is 0 Å². The zero-order valence-corrected chi connectivity index (χ0v) is 12.5. The molecule has 3 aromatic rings. The van der Waals surface area contributed by atoms with Crippen LogP contribution in [0.3, 0.4) is 0 Å². The number of rotatable bonds is 4. The number of carbonyl (C=O) groups excluding carboxylic acids is 1. The minimum atomic E-state index is -0.0170. The second-order valence-electron chi connectivity index (χ2n) is 4.99. The van der Waals surface area contributed by atoms with Crippen LogP contribution in [0.2, 0.25) is 0 Å². The van der Waals surface area contributed by atoms with Gasteiger partial charge in [0.25, 0.3) is 0 Å². The first-order valence-corrected chi connectivity index (χ1v) is 6.98. The Morgan fingerprint density at radius 3 is 2.14 bits per heavy atom. The van der Waals surface area contributed by atoms with E-state index >= 15 is 0 Å². The largest absolute Gasteiger partial charge is 0.497 e. The summed E-state index contributed by atoms with van der Waals surface area (Å²) in [5.41, 5.74) is 1.28. The van der Waals surface area contributed by atoms with Crippen molar-refractivity contribution in [1.29, 1.82) is 0 Å². The van der Waals surface area contributed by atoms with E-state index in [1.807, 2.05) is 48.5 Å². The fraction of sp³-hybridized carbons (Fsp3) is 0.105. The Hall–Kier alpha value is -2.81. The van der Waals surface area contributed by atoms with E-state index in [9.17, 15) is 4.79 Å². The van der Waals surface area contributed by atoms with Gasteiger partial charge < -0.3 is 9.47 Å². The number of benzene rings is 3. The fourth-order valence-corrected chi connectivity index (χ4v) is 2.42. The smallest absolute Gasteiger partial charge is 0.193 e. The molecule has 3 aromatic carbocycles. The van der Waals surface area contributed by atoms with Crippen molar-refractivity contribution in [2.24, 2.45) is 0 Å². The molecule has 0 fully saturated rings. The SMILES string of the molecule is COc1cccc(C(=O)c2ccc3cc(OC)ccc3c2)c1. The lowest BCUT2D eigenvalue weighted by molar-refractivity contribution is 0.103. The standard InChI is InChI=1S/C19H16O3/c1-21-17-5-3-4-15(12-17)19(20)16-7-6-14-11-18(22-2)9-8-13(14)10-16/h3-12H,1-2H3. The van der Waals surface area contributed by atoms with Crippen molar-refractivity contribution in [2.45, 2.75) is 0 Å². The molecule has 0 aliphatic heterocycles. The maximum absolute atomic E-state index is 12.6. The molecule has 0 amide bonds. The molecular formula is C19H16O3. The number of methoxy groups -OCH3 is 2. The van der Waals surface area contributed by atoms with Gasteiger partial charge in [-0.1, -0.05) is 30.3 Å². The molecule has 3 nitrogen and oxygen atoms in total. The number of hydrogen-bond donors (Lipinski definition) is 0. The summed E-state index contributed by atoms with van der Waals surface area (Å²) < 4.78 is 10.4. The lowest BCUT2D eigenvalue weighted by Gasteiger charge is -2.06. The fourth-order valence-electron chi connectivity index (χ4n) is 2.42. The Bertz CT molecular complexity index is 837. The van der Waals surface area contributed by atoms with E-state index in [1.54, 1.807) is 26.4 Å². The van der Waals surface area contributed by atoms with Crippen LogP contribution in [0.25, 0.3) is 10.8 Å². The van der Waals surface area contributed by atoms with E-state index in [0.29, 0.717) is 16.9 Å².